The van der Waals surface area contributed by atoms with E-state index in [9.17, 15) is 14.7 Å². The van der Waals surface area contributed by atoms with Crippen molar-refractivity contribution in [2.45, 2.75) is 77.6 Å². The van der Waals surface area contributed by atoms with Crippen molar-refractivity contribution >= 4 is 22.8 Å². The fourth-order valence-electron chi connectivity index (χ4n) is 1.86. The summed E-state index contributed by atoms with van der Waals surface area (Å²) in [7, 11) is 0. The average Bonchev–Trinajstić information content (AvgIpc) is 2.37. The van der Waals surface area contributed by atoms with Gasteiger partial charge in [0.15, 0.2) is 5.12 Å². The zero-order valence-corrected chi connectivity index (χ0v) is 15.9. The van der Waals surface area contributed by atoms with Crippen molar-refractivity contribution in [1.82, 2.24) is 0 Å². The fraction of sp³-hybridized carbons (Fsp3) is 0.867. The van der Waals surface area contributed by atoms with E-state index in [1.54, 1.807) is 0 Å². The molecule has 0 aliphatic carbocycles. The van der Waals surface area contributed by atoms with Crippen molar-refractivity contribution in [3.8, 4) is 0 Å². The van der Waals surface area contributed by atoms with Gasteiger partial charge in [0, 0.05) is 18.1 Å². The van der Waals surface area contributed by atoms with Crippen LogP contribution in [0.15, 0.2) is 0 Å². The minimum atomic E-state index is -0.965. The molecule has 112 valence electrons. The van der Waals surface area contributed by atoms with Crippen LogP contribution < -0.4 is 34.7 Å². The molecular weight excluding hydrogens is 283 g/mol. The van der Waals surface area contributed by atoms with Gasteiger partial charge in [0.25, 0.3) is 0 Å². The number of hydrogen-bond donors (Lipinski definition) is 0. The van der Waals surface area contributed by atoms with Crippen LogP contribution in [-0.4, -0.2) is 16.8 Å². The van der Waals surface area contributed by atoms with Crippen LogP contribution in [0.25, 0.3) is 0 Å². The Bertz CT molecular complexity index is 247. The number of unbranched alkanes of at least 4 members (excludes halogenated alkanes) is 7. The maximum atomic E-state index is 11.5. The Morgan fingerprint density at radius 1 is 0.850 bits per heavy atom. The van der Waals surface area contributed by atoms with E-state index in [1.807, 2.05) is 0 Å². The van der Waals surface area contributed by atoms with Gasteiger partial charge in [0.2, 0.25) is 0 Å². The van der Waals surface area contributed by atoms with Gasteiger partial charge in [0.1, 0.15) is 0 Å². The van der Waals surface area contributed by atoms with Crippen LogP contribution in [0.1, 0.15) is 77.6 Å². The molecule has 0 amide bonds. The number of hydrogen-bond acceptors (Lipinski definition) is 4. The van der Waals surface area contributed by atoms with Crippen molar-refractivity contribution in [2.75, 3.05) is 5.75 Å². The van der Waals surface area contributed by atoms with Crippen molar-refractivity contribution in [1.29, 1.82) is 0 Å². The van der Waals surface area contributed by atoms with Crippen LogP contribution in [0, 0.1) is 0 Å². The number of carbonyl (C=O) groups is 2. The average molecular weight is 310 g/mol. The van der Waals surface area contributed by atoms with Crippen molar-refractivity contribution in [3.05, 3.63) is 0 Å². The molecule has 0 heterocycles. The molecule has 0 aromatic heterocycles. The molecular formula is C15H27NaO3S. The molecule has 0 aromatic rings. The van der Waals surface area contributed by atoms with Gasteiger partial charge in [-0.05, 0) is 25.7 Å². The summed E-state index contributed by atoms with van der Waals surface area (Å²) in [6.45, 7) is 2.19. The second-order valence-corrected chi connectivity index (χ2v) is 6.07. The van der Waals surface area contributed by atoms with E-state index >= 15 is 0 Å². The number of rotatable bonds is 13. The summed E-state index contributed by atoms with van der Waals surface area (Å²) in [5, 5.41) is 10.5. The van der Waals surface area contributed by atoms with Crippen LogP contribution >= 0.6 is 11.8 Å². The first kappa shape index (κ1) is 22.8. The molecule has 0 radical (unpaired) electrons. The zero-order valence-electron chi connectivity index (χ0n) is 13.1. The molecule has 0 rings (SSSR count). The summed E-state index contributed by atoms with van der Waals surface area (Å²) < 4.78 is 0. The Hall–Kier alpha value is 0.490. The van der Waals surface area contributed by atoms with Crippen molar-refractivity contribution < 1.29 is 44.3 Å². The molecule has 3 nitrogen and oxygen atoms in total. The second-order valence-electron chi connectivity index (χ2n) is 4.92. The van der Waals surface area contributed by atoms with Gasteiger partial charge >= 0.3 is 29.6 Å². The number of carbonyl (C=O) groups excluding carboxylic acids is 2. The second kappa shape index (κ2) is 17.5. The molecule has 0 aliphatic rings. The Balaban J connectivity index is 0. The Morgan fingerprint density at radius 2 is 1.40 bits per heavy atom. The number of thioether (sulfide) groups is 1. The molecule has 0 atom stereocenters. The third-order valence-corrected chi connectivity index (χ3v) is 4.04. The number of aliphatic carboxylic acids is 1. The molecule has 0 saturated heterocycles. The third-order valence-electron chi connectivity index (χ3n) is 3.02. The molecule has 20 heavy (non-hydrogen) atoms. The molecule has 0 N–H and O–H groups in total. The van der Waals surface area contributed by atoms with Gasteiger partial charge in [0.05, 0.1) is 0 Å². The first-order valence-corrected chi connectivity index (χ1v) is 8.50. The van der Waals surface area contributed by atoms with E-state index in [4.69, 9.17) is 0 Å². The summed E-state index contributed by atoms with van der Waals surface area (Å²) in [4.78, 5) is 21.7. The molecule has 0 bridgehead atoms. The zero-order chi connectivity index (χ0) is 14.3. The Kier molecular flexibility index (Phi) is 20.0. The summed E-state index contributed by atoms with van der Waals surface area (Å²) in [5.41, 5.74) is 0. The fourth-order valence-corrected chi connectivity index (χ4v) is 2.72. The van der Waals surface area contributed by atoms with Crippen LogP contribution in [0.3, 0.4) is 0 Å². The van der Waals surface area contributed by atoms with Gasteiger partial charge in [-0.2, -0.15) is 0 Å². The molecule has 0 saturated carbocycles. The largest absolute Gasteiger partial charge is 1.00 e. The maximum Gasteiger partial charge on any atom is 1.00 e. The summed E-state index contributed by atoms with van der Waals surface area (Å²) >= 11 is 1.44. The minimum Gasteiger partial charge on any atom is -0.550 e. The maximum absolute atomic E-state index is 11.5. The van der Waals surface area contributed by atoms with E-state index in [2.05, 4.69) is 6.92 Å². The minimum absolute atomic E-state index is 0. The monoisotopic (exact) mass is 310 g/mol. The van der Waals surface area contributed by atoms with Gasteiger partial charge in [-0.1, -0.05) is 57.2 Å². The third kappa shape index (κ3) is 18.5. The molecule has 0 spiro atoms. The van der Waals surface area contributed by atoms with Gasteiger partial charge in [-0.25, -0.2) is 0 Å². The van der Waals surface area contributed by atoms with Gasteiger partial charge in [-0.15, -0.1) is 0 Å². The van der Waals surface area contributed by atoms with E-state index < -0.39 is 5.97 Å². The van der Waals surface area contributed by atoms with Gasteiger partial charge in [-0.3, -0.25) is 4.79 Å². The molecule has 5 heteroatoms. The van der Waals surface area contributed by atoms with Crippen molar-refractivity contribution in [2.24, 2.45) is 0 Å². The van der Waals surface area contributed by atoms with E-state index in [0.717, 1.165) is 31.4 Å². The van der Waals surface area contributed by atoms with Gasteiger partial charge < -0.3 is 9.90 Å². The first-order valence-electron chi connectivity index (χ1n) is 7.52. The van der Waals surface area contributed by atoms with Crippen molar-refractivity contribution in [3.63, 3.8) is 0 Å². The standard InChI is InChI=1S/C15H28O3S.Na/c1-2-3-4-5-9-12-15(18)19-13-10-7-6-8-11-14(16)17;/h2-13H2,1H3,(H,16,17);/q;+1/p-1. The molecule has 0 unspecified atom stereocenters. The Morgan fingerprint density at radius 3 is 2.00 bits per heavy atom. The van der Waals surface area contributed by atoms with Crippen LogP contribution in [-0.2, 0) is 9.59 Å². The van der Waals surface area contributed by atoms with Crippen LogP contribution in [0.4, 0.5) is 0 Å². The quantitative estimate of drug-likeness (QED) is 0.363. The normalized spacial score (nSPS) is 10.1. The summed E-state index contributed by atoms with van der Waals surface area (Å²) in [5.74, 6) is -0.0910. The summed E-state index contributed by atoms with van der Waals surface area (Å²) in [6.07, 6.45) is 10.4. The predicted octanol–water partition coefficient (Wildman–Crippen LogP) is 0.311. The van der Waals surface area contributed by atoms with E-state index in [1.165, 1.54) is 37.4 Å². The Labute approximate surface area is 150 Å². The molecule has 0 aliphatic heterocycles. The van der Waals surface area contributed by atoms with E-state index in [-0.39, 0.29) is 36.0 Å². The first-order chi connectivity index (χ1) is 9.16. The number of carboxylic acid groups (broad SMARTS) is 1. The predicted molar refractivity (Wildman–Crippen MR) is 78.9 cm³/mol. The smallest absolute Gasteiger partial charge is 0.550 e. The topological polar surface area (TPSA) is 57.2 Å². The number of carboxylic acids is 1. The molecule has 0 aromatic carbocycles. The van der Waals surface area contributed by atoms with Crippen LogP contribution in [0.2, 0.25) is 0 Å². The van der Waals surface area contributed by atoms with Crippen LogP contribution in [0.5, 0.6) is 0 Å². The SMILES string of the molecule is CCCCCCCC(=O)SCCCCCCC(=O)[O-].[Na+]. The molecule has 0 fully saturated rings. The van der Waals surface area contributed by atoms with E-state index in [0.29, 0.717) is 18.0 Å². The summed E-state index contributed by atoms with van der Waals surface area (Å²) in [6, 6.07) is 0.